The number of carbonyl (C=O) groups is 1. The monoisotopic (exact) mass is 252 g/mol. The fraction of sp³-hybridized carbons (Fsp3) is 0.222. The van der Waals surface area contributed by atoms with Gasteiger partial charge in [-0.05, 0) is 6.92 Å². The Labute approximate surface area is 102 Å². The van der Waals surface area contributed by atoms with E-state index in [0.29, 0.717) is 5.82 Å². The molecule has 0 saturated carbocycles. The fourth-order valence-electron chi connectivity index (χ4n) is 1.17. The highest BCUT2D eigenvalue weighted by molar-refractivity contribution is 6.29. The first-order valence-corrected chi connectivity index (χ1v) is 5.17. The van der Waals surface area contributed by atoms with E-state index in [9.17, 15) is 4.79 Å². The summed E-state index contributed by atoms with van der Waals surface area (Å²) in [6.07, 6.45) is 5.63. The molecule has 0 aliphatic heterocycles. The molecule has 0 bridgehead atoms. The number of halogens is 1. The first-order valence-electron chi connectivity index (χ1n) is 4.79. The van der Waals surface area contributed by atoms with E-state index in [1.165, 1.54) is 29.7 Å². The SMILES string of the molecule is CC(C(=O)Nc1cncc(Cl)n1)n1cncn1. The Morgan fingerprint density at radius 2 is 2.29 bits per heavy atom. The molecule has 1 amide bonds. The molecule has 0 aliphatic carbocycles. The van der Waals surface area contributed by atoms with Gasteiger partial charge in [-0.2, -0.15) is 5.10 Å². The molecule has 1 N–H and O–H groups in total. The number of aromatic nitrogens is 5. The van der Waals surface area contributed by atoms with Crippen LogP contribution in [0, 0.1) is 0 Å². The second-order valence-electron chi connectivity index (χ2n) is 3.27. The van der Waals surface area contributed by atoms with Gasteiger partial charge in [-0.25, -0.2) is 14.6 Å². The summed E-state index contributed by atoms with van der Waals surface area (Å²) >= 11 is 5.65. The minimum atomic E-state index is -0.488. The highest BCUT2D eigenvalue weighted by atomic mass is 35.5. The molecule has 0 fully saturated rings. The molecule has 0 saturated heterocycles. The van der Waals surface area contributed by atoms with Crippen LogP contribution >= 0.6 is 11.6 Å². The molecule has 88 valence electrons. The predicted molar refractivity (Wildman–Crippen MR) is 60.4 cm³/mol. The Bertz CT molecular complexity index is 514. The van der Waals surface area contributed by atoms with Crippen molar-refractivity contribution in [2.24, 2.45) is 0 Å². The lowest BCUT2D eigenvalue weighted by Gasteiger charge is -2.11. The van der Waals surface area contributed by atoms with Crippen molar-refractivity contribution < 1.29 is 4.79 Å². The minimum absolute atomic E-state index is 0.219. The summed E-state index contributed by atoms with van der Waals surface area (Å²) in [5.41, 5.74) is 0. The van der Waals surface area contributed by atoms with Crippen molar-refractivity contribution in [1.82, 2.24) is 24.7 Å². The van der Waals surface area contributed by atoms with E-state index in [1.54, 1.807) is 6.92 Å². The number of anilines is 1. The van der Waals surface area contributed by atoms with E-state index >= 15 is 0 Å². The molecule has 0 spiro atoms. The minimum Gasteiger partial charge on any atom is -0.307 e. The van der Waals surface area contributed by atoms with E-state index in [0.717, 1.165) is 0 Å². The summed E-state index contributed by atoms with van der Waals surface area (Å²) in [7, 11) is 0. The van der Waals surface area contributed by atoms with Crippen molar-refractivity contribution >= 4 is 23.3 Å². The maximum Gasteiger partial charge on any atom is 0.250 e. The summed E-state index contributed by atoms with van der Waals surface area (Å²) < 4.78 is 1.44. The lowest BCUT2D eigenvalue weighted by atomic mass is 10.3. The Balaban J connectivity index is 2.07. The van der Waals surface area contributed by atoms with Crippen molar-refractivity contribution in [2.45, 2.75) is 13.0 Å². The first-order chi connectivity index (χ1) is 8.16. The van der Waals surface area contributed by atoms with Gasteiger partial charge in [-0.3, -0.25) is 9.78 Å². The molecule has 1 unspecified atom stereocenters. The van der Waals surface area contributed by atoms with E-state index in [2.05, 4.69) is 25.4 Å². The van der Waals surface area contributed by atoms with Crippen LogP contribution in [0.1, 0.15) is 13.0 Å². The number of hydrogen-bond acceptors (Lipinski definition) is 5. The van der Waals surface area contributed by atoms with Crippen LogP contribution < -0.4 is 5.32 Å². The predicted octanol–water partition coefficient (Wildman–Crippen LogP) is 0.921. The molecule has 1 atom stereocenters. The zero-order chi connectivity index (χ0) is 12.3. The highest BCUT2D eigenvalue weighted by Gasteiger charge is 2.16. The van der Waals surface area contributed by atoms with Crippen molar-refractivity contribution in [2.75, 3.05) is 5.32 Å². The fourth-order valence-corrected chi connectivity index (χ4v) is 1.32. The van der Waals surface area contributed by atoms with Crippen molar-refractivity contribution in [3.8, 4) is 0 Å². The van der Waals surface area contributed by atoms with Crippen LogP contribution in [-0.4, -0.2) is 30.6 Å². The van der Waals surface area contributed by atoms with Gasteiger partial charge in [0.1, 0.15) is 23.8 Å². The second kappa shape index (κ2) is 4.88. The Morgan fingerprint density at radius 3 is 2.94 bits per heavy atom. The summed E-state index contributed by atoms with van der Waals surface area (Å²) in [6.45, 7) is 1.70. The highest BCUT2D eigenvalue weighted by Crippen LogP contribution is 2.10. The van der Waals surface area contributed by atoms with Gasteiger partial charge in [0.2, 0.25) is 5.91 Å². The number of amides is 1. The van der Waals surface area contributed by atoms with Crippen LogP contribution in [0.25, 0.3) is 0 Å². The summed E-state index contributed by atoms with van der Waals surface area (Å²) in [6, 6.07) is -0.488. The topological polar surface area (TPSA) is 85.6 Å². The van der Waals surface area contributed by atoms with Crippen LogP contribution in [0.15, 0.2) is 25.0 Å². The van der Waals surface area contributed by atoms with Gasteiger partial charge >= 0.3 is 0 Å². The van der Waals surface area contributed by atoms with Crippen LogP contribution in [0.4, 0.5) is 5.82 Å². The third-order valence-corrected chi connectivity index (χ3v) is 2.25. The average Bonchev–Trinajstić information content (AvgIpc) is 2.81. The van der Waals surface area contributed by atoms with Crippen LogP contribution in [0.2, 0.25) is 5.15 Å². The second-order valence-corrected chi connectivity index (χ2v) is 3.66. The zero-order valence-electron chi connectivity index (χ0n) is 8.91. The molecular formula is C9H9ClN6O. The maximum atomic E-state index is 11.8. The smallest absolute Gasteiger partial charge is 0.250 e. The van der Waals surface area contributed by atoms with Crippen molar-refractivity contribution in [1.29, 1.82) is 0 Å². The normalized spacial score (nSPS) is 12.1. The number of rotatable bonds is 3. The molecular weight excluding hydrogens is 244 g/mol. The summed E-state index contributed by atoms with van der Waals surface area (Å²) in [5.74, 6) is 0.0292. The van der Waals surface area contributed by atoms with Gasteiger partial charge in [-0.1, -0.05) is 11.6 Å². The number of nitrogens with one attached hydrogen (secondary N) is 1. The van der Waals surface area contributed by atoms with Crippen molar-refractivity contribution in [3.05, 3.63) is 30.2 Å². The molecule has 0 aliphatic rings. The Hall–Kier alpha value is -2.02. The number of hydrogen-bond donors (Lipinski definition) is 1. The summed E-state index contributed by atoms with van der Waals surface area (Å²) in [4.78, 5) is 23.3. The molecule has 8 heteroatoms. The Kier molecular flexibility index (Phi) is 3.29. The maximum absolute atomic E-state index is 11.8. The zero-order valence-corrected chi connectivity index (χ0v) is 9.66. The largest absolute Gasteiger partial charge is 0.307 e. The standard InChI is InChI=1S/C9H9ClN6O/c1-6(16-5-12-4-13-16)9(17)15-8-3-11-2-7(10)14-8/h2-6H,1H3,(H,14,15,17). The van der Waals surface area contributed by atoms with Crippen LogP contribution in [0.3, 0.4) is 0 Å². The molecule has 7 nitrogen and oxygen atoms in total. The third kappa shape index (κ3) is 2.76. The van der Waals surface area contributed by atoms with Gasteiger partial charge in [0, 0.05) is 0 Å². The van der Waals surface area contributed by atoms with E-state index < -0.39 is 6.04 Å². The van der Waals surface area contributed by atoms with Gasteiger partial charge in [-0.15, -0.1) is 0 Å². The molecule has 0 aromatic carbocycles. The van der Waals surface area contributed by atoms with E-state index in [4.69, 9.17) is 11.6 Å². The van der Waals surface area contributed by atoms with Crippen LogP contribution in [-0.2, 0) is 4.79 Å². The van der Waals surface area contributed by atoms with E-state index in [-0.39, 0.29) is 11.1 Å². The lowest BCUT2D eigenvalue weighted by molar-refractivity contribution is -0.119. The third-order valence-electron chi connectivity index (χ3n) is 2.07. The molecule has 2 aromatic rings. The van der Waals surface area contributed by atoms with Gasteiger partial charge < -0.3 is 5.32 Å². The van der Waals surface area contributed by atoms with E-state index in [1.807, 2.05) is 0 Å². The number of nitrogens with zero attached hydrogens (tertiary/aromatic N) is 5. The average molecular weight is 253 g/mol. The lowest BCUT2D eigenvalue weighted by Crippen LogP contribution is -2.24. The molecule has 0 radical (unpaired) electrons. The van der Waals surface area contributed by atoms with Gasteiger partial charge in [0.15, 0.2) is 5.82 Å². The summed E-state index contributed by atoms with van der Waals surface area (Å²) in [5, 5.41) is 6.68. The molecule has 2 rings (SSSR count). The quantitative estimate of drug-likeness (QED) is 0.878. The van der Waals surface area contributed by atoms with Gasteiger partial charge in [0.25, 0.3) is 0 Å². The molecule has 2 heterocycles. The molecule has 17 heavy (non-hydrogen) atoms. The van der Waals surface area contributed by atoms with Crippen molar-refractivity contribution in [3.63, 3.8) is 0 Å². The first kappa shape index (κ1) is 11.5. The molecule has 2 aromatic heterocycles. The Morgan fingerprint density at radius 1 is 1.47 bits per heavy atom. The number of carbonyl (C=O) groups excluding carboxylic acids is 1. The van der Waals surface area contributed by atoms with Crippen LogP contribution in [0.5, 0.6) is 0 Å². The van der Waals surface area contributed by atoms with Gasteiger partial charge in [0.05, 0.1) is 12.4 Å².